The summed E-state index contributed by atoms with van der Waals surface area (Å²) in [5.41, 5.74) is 0.663. The van der Waals surface area contributed by atoms with Crippen LogP contribution in [0.4, 0.5) is 0 Å². The predicted molar refractivity (Wildman–Crippen MR) is 69.8 cm³/mol. The van der Waals surface area contributed by atoms with Gasteiger partial charge in [0, 0.05) is 24.7 Å². The van der Waals surface area contributed by atoms with E-state index in [1.54, 1.807) is 18.3 Å². The molecule has 0 aliphatic heterocycles. The number of rotatable bonds is 6. The zero-order valence-corrected chi connectivity index (χ0v) is 11.2. The zero-order valence-electron chi connectivity index (χ0n) is 11.2. The van der Waals surface area contributed by atoms with Crippen molar-refractivity contribution in [3.8, 4) is 5.88 Å². The van der Waals surface area contributed by atoms with E-state index in [1.165, 1.54) is 13.4 Å². The lowest BCUT2D eigenvalue weighted by Gasteiger charge is -2.13. The van der Waals surface area contributed by atoms with Crippen molar-refractivity contribution in [3.05, 3.63) is 36.0 Å². The summed E-state index contributed by atoms with van der Waals surface area (Å²) < 4.78 is 6.96. The summed E-state index contributed by atoms with van der Waals surface area (Å²) in [6.45, 7) is 2.87. The van der Waals surface area contributed by atoms with Crippen LogP contribution in [0.2, 0.25) is 0 Å². The van der Waals surface area contributed by atoms with Crippen molar-refractivity contribution in [1.82, 2.24) is 19.7 Å². The highest BCUT2D eigenvalue weighted by Crippen LogP contribution is 2.24. The summed E-state index contributed by atoms with van der Waals surface area (Å²) in [6, 6.07) is 3.58. The van der Waals surface area contributed by atoms with Gasteiger partial charge in [-0.05, 0) is 18.6 Å². The van der Waals surface area contributed by atoms with Crippen LogP contribution in [0.3, 0.4) is 0 Å². The molecule has 19 heavy (non-hydrogen) atoms. The van der Waals surface area contributed by atoms with Crippen molar-refractivity contribution in [2.24, 2.45) is 0 Å². The van der Waals surface area contributed by atoms with Gasteiger partial charge in [0.2, 0.25) is 5.88 Å². The fourth-order valence-electron chi connectivity index (χ4n) is 1.96. The highest BCUT2D eigenvalue weighted by molar-refractivity contribution is 5.28. The number of methoxy groups -OCH3 is 1. The maximum atomic E-state index is 10.3. The van der Waals surface area contributed by atoms with Crippen LogP contribution in [-0.4, -0.2) is 32.0 Å². The van der Waals surface area contributed by atoms with Crippen molar-refractivity contribution in [2.45, 2.75) is 32.4 Å². The molecular formula is C13H18N4O2. The fourth-order valence-corrected chi connectivity index (χ4v) is 1.96. The second-order valence-corrected chi connectivity index (χ2v) is 4.22. The Balaban J connectivity index is 2.16. The fraction of sp³-hybridized carbons (Fsp3) is 0.462. The molecule has 0 aromatic carbocycles. The lowest BCUT2D eigenvalue weighted by Crippen LogP contribution is -2.11. The summed E-state index contributed by atoms with van der Waals surface area (Å²) in [4.78, 5) is 8.27. The van der Waals surface area contributed by atoms with E-state index in [1.807, 2.05) is 4.68 Å². The van der Waals surface area contributed by atoms with Crippen LogP contribution in [0.25, 0.3) is 0 Å². The second-order valence-electron chi connectivity index (χ2n) is 4.22. The SMILES string of the molecule is CCCn1ncnc1CC(O)c1cccnc1OC. The highest BCUT2D eigenvalue weighted by Gasteiger charge is 2.17. The summed E-state index contributed by atoms with van der Waals surface area (Å²) in [6.07, 6.45) is 3.81. The minimum absolute atomic E-state index is 0.391. The molecule has 2 heterocycles. The van der Waals surface area contributed by atoms with Gasteiger partial charge in [-0.15, -0.1) is 0 Å². The number of aliphatic hydroxyl groups is 1. The molecule has 2 aromatic rings. The molecule has 6 heteroatoms. The van der Waals surface area contributed by atoms with Crippen LogP contribution in [0.5, 0.6) is 5.88 Å². The van der Waals surface area contributed by atoms with Gasteiger partial charge in [0.25, 0.3) is 0 Å². The standard InChI is InChI=1S/C13H18N4O2/c1-3-7-17-12(15-9-16-17)8-11(18)10-5-4-6-14-13(10)19-2/h4-6,9,11,18H,3,7-8H2,1-2H3. The van der Waals surface area contributed by atoms with Gasteiger partial charge in [-0.25, -0.2) is 9.97 Å². The lowest BCUT2D eigenvalue weighted by atomic mass is 10.1. The molecule has 1 N–H and O–H groups in total. The molecule has 6 nitrogen and oxygen atoms in total. The molecule has 0 saturated carbocycles. The third-order valence-electron chi connectivity index (χ3n) is 2.86. The van der Waals surface area contributed by atoms with Crippen LogP contribution in [-0.2, 0) is 13.0 Å². The minimum Gasteiger partial charge on any atom is -0.481 e. The van der Waals surface area contributed by atoms with E-state index in [0.717, 1.165) is 18.8 Å². The first-order valence-electron chi connectivity index (χ1n) is 6.30. The number of aromatic nitrogens is 4. The normalized spacial score (nSPS) is 12.4. The summed E-state index contributed by atoms with van der Waals surface area (Å²) in [5.74, 6) is 1.21. The summed E-state index contributed by atoms with van der Waals surface area (Å²) in [5, 5.41) is 14.4. The Morgan fingerprint density at radius 2 is 2.26 bits per heavy atom. The molecule has 0 amide bonds. The van der Waals surface area contributed by atoms with Gasteiger partial charge in [0.05, 0.1) is 13.2 Å². The second kappa shape index (κ2) is 6.29. The number of aliphatic hydroxyl groups excluding tert-OH is 1. The summed E-state index contributed by atoms with van der Waals surface area (Å²) >= 11 is 0. The maximum absolute atomic E-state index is 10.3. The monoisotopic (exact) mass is 262 g/mol. The number of nitrogens with zero attached hydrogens (tertiary/aromatic N) is 4. The molecule has 0 aliphatic carbocycles. The molecule has 1 atom stereocenters. The van der Waals surface area contributed by atoms with E-state index < -0.39 is 6.10 Å². The molecule has 0 fully saturated rings. The van der Waals surface area contributed by atoms with Crippen molar-refractivity contribution < 1.29 is 9.84 Å². The lowest BCUT2D eigenvalue weighted by molar-refractivity contribution is 0.168. The molecule has 2 rings (SSSR count). The van der Waals surface area contributed by atoms with E-state index in [9.17, 15) is 5.11 Å². The number of aryl methyl sites for hydroxylation is 1. The van der Waals surface area contributed by atoms with Crippen LogP contribution >= 0.6 is 0 Å². The first kappa shape index (κ1) is 13.5. The average Bonchev–Trinajstić information content (AvgIpc) is 2.86. The predicted octanol–water partition coefficient (Wildman–Crippen LogP) is 1.37. The van der Waals surface area contributed by atoms with Gasteiger partial charge in [-0.2, -0.15) is 5.10 Å². The third-order valence-corrected chi connectivity index (χ3v) is 2.86. The van der Waals surface area contributed by atoms with Crippen molar-refractivity contribution in [3.63, 3.8) is 0 Å². The number of pyridine rings is 1. The Labute approximate surface area is 112 Å². The van der Waals surface area contributed by atoms with E-state index in [0.29, 0.717) is 17.9 Å². The molecule has 0 spiro atoms. The molecule has 0 bridgehead atoms. The van der Waals surface area contributed by atoms with E-state index >= 15 is 0 Å². The van der Waals surface area contributed by atoms with Crippen LogP contribution < -0.4 is 4.74 Å². The van der Waals surface area contributed by atoms with Gasteiger partial charge in [0.1, 0.15) is 12.2 Å². The van der Waals surface area contributed by atoms with Crippen molar-refractivity contribution >= 4 is 0 Å². The van der Waals surface area contributed by atoms with Gasteiger partial charge < -0.3 is 9.84 Å². The first-order valence-corrected chi connectivity index (χ1v) is 6.30. The van der Waals surface area contributed by atoms with Gasteiger partial charge in [-0.3, -0.25) is 4.68 Å². The van der Waals surface area contributed by atoms with E-state index in [-0.39, 0.29) is 0 Å². The van der Waals surface area contributed by atoms with Crippen LogP contribution in [0, 0.1) is 0 Å². The van der Waals surface area contributed by atoms with Gasteiger partial charge in [-0.1, -0.05) is 6.92 Å². The van der Waals surface area contributed by atoms with Gasteiger partial charge >= 0.3 is 0 Å². The van der Waals surface area contributed by atoms with E-state index in [4.69, 9.17) is 4.74 Å². The molecule has 1 unspecified atom stereocenters. The average molecular weight is 262 g/mol. The number of ether oxygens (including phenoxy) is 1. The van der Waals surface area contributed by atoms with Crippen molar-refractivity contribution in [2.75, 3.05) is 7.11 Å². The Kier molecular flexibility index (Phi) is 4.46. The molecule has 0 radical (unpaired) electrons. The maximum Gasteiger partial charge on any atom is 0.218 e. The Morgan fingerprint density at radius 1 is 1.42 bits per heavy atom. The molecule has 0 aliphatic rings. The molecule has 102 valence electrons. The first-order chi connectivity index (χ1) is 9.26. The molecule has 0 saturated heterocycles. The van der Waals surface area contributed by atoms with E-state index in [2.05, 4.69) is 22.0 Å². The Morgan fingerprint density at radius 3 is 3.00 bits per heavy atom. The molecular weight excluding hydrogens is 244 g/mol. The van der Waals surface area contributed by atoms with Crippen LogP contribution in [0.1, 0.15) is 30.8 Å². The zero-order chi connectivity index (χ0) is 13.7. The Bertz CT molecular complexity index is 527. The number of hydrogen-bond donors (Lipinski definition) is 1. The van der Waals surface area contributed by atoms with Gasteiger partial charge in [0.15, 0.2) is 0 Å². The largest absolute Gasteiger partial charge is 0.481 e. The third kappa shape index (κ3) is 3.08. The summed E-state index contributed by atoms with van der Waals surface area (Å²) in [7, 11) is 1.54. The van der Waals surface area contributed by atoms with Crippen molar-refractivity contribution in [1.29, 1.82) is 0 Å². The Hall–Kier alpha value is -1.95. The highest BCUT2D eigenvalue weighted by atomic mass is 16.5. The smallest absolute Gasteiger partial charge is 0.218 e. The number of hydrogen-bond acceptors (Lipinski definition) is 5. The van der Waals surface area contributed by atoms with Crippen LogP contribution in [0.15, 0.2) is 24.7 Å². The molecule has 2 aromatic heterocycles. The minimum atomic E-state index is -0.705. The topological polar surface area (TPSA) is 73.1 Å². The quantitative estimate of drug-likeness (QED) is 0.851.